The van der Waals surface area contributed by atoms with Crippen molar-refractivity contribution in [1.29, 1.82) is 0 Å². The van der Waals surface area contributed by atoms with E-state index in [4.69, 9.17) is 23.3 Å². The number of carbonyl (C=O) groups is 2. The smallest absolute Gasteiger partial charge is 0.462 e. The van der Waals surface area contributed by atoms with Crippen LogP contribution in [0.4, 0.5) is 0 Å². The van der Waals surface area contributed by atoms with Crippen LogP contribution < -0.4 is 0 Å². The molecule has 1 aliphatic carbocycles. The second-order valence-electron chi connectivity index (χ2n) is 16.3. The Bertz CT molecular complexity index is 1380. The van der Waals surface area contributed by atoms with Crippen LogP contribution in [-0.2, 0) is 37.4 Å². The average Bonchev–Trinajstić information content (AvgIpc) is 4.01. The molecule has 1 heterocycles. The number of esters is 2. The van der Waals surface area contributed by atoms with Gasteiger partial charge in [0, 0.05) is 12.8 Å². The van der Waals surface area contributed by atoms with E-state index in [0.717, 1.165) is 70.6 Å². The van der Waals surface area contributed by atoms with E-state index < -0.39 is 75.7 Å². The highest BCUT2D eigenvalue weighted by Crippen LogP contribution is 2.47. The number of hydrogen-bond acceptors (Lipinski definition) is 13. The van der Waals surface area contributed by atoms with Crippen molar-refractivity contribution in [2.24, 2.45) is 0 Å². The molecule has 0 spiro atoms. The number of aliphatic hydroxyl groups excluding tert-OH is 5. The number of unbranched alkanes of at least 4 members (excludes halogenated alkanes) is 11. The van der Waals surface area contributed by atoms with Crippen LogP contribution in [0, 0.1) is 0 Å². The predicted octanol–water partition coefficient (Wildman–Crippen LogP) is 7.93. The molecule has 0 amide bonds. The number of ether oxygens (including phenoxy) is 3. The lowest BCUT2D eigenvalue weighted by Gasteiger charge is -2.41. The van der Waals surface area contributed by atoms with Crippen molar-refractivity contribution in [2.75, 3.05) is 13.2 Å². The van der Waals surface area contributed by atoms with Gasteiger partial charge < -0.3 is 44.6 Å². The highest BCUT2D eigenvalue weighted by atomic mass is 31.2. The van der Waals surface area contributed by atoms with Gasteiger partial charge in [-0.05, 0) is 77.0 Å². The summed E-state index contributed by atoms with van der Waals surface area (Å²) < 4.78 is 39.3. The van der Waals surface area contributed by atoms with E-state index >= 15 is 0 Å². The topological polar surface area (TPSA) is 222 Å². The molecule has 62 heavy (non-hydrogen) atoms. The summed E-state index contributed by atoms with van der Waals surface area (Å²) in [4.78, 5) is 35.7. The molecule has 1 aliphatic heterocycles. The van der Waals surface area contributed by atoms with Crippen molar-refractivity contribution in [1.82, 2.24) is 0 Å². The first-order valence-corrected chi connectivity index (χ1v) is 24.7. The van der Waals surface area contributed by atoms with Gasteiger partial charge in [0.25, 0.3) is 0 Å². The third-order valence-corrected chi connectivity index (χ3v) is 11.7. The Hall–Kier alpha value is -2.49. The zero-order valence-corrected chi connectivity index (χ0v) is 38.2. The van der Waals surface area contributed by atoms with Gasteiger partial charge >= 0.3 is 19.8 Å². The maximum absolute atomic E-state index is 12.8. The Labute approximate surface area is 370 Å². The Kier molecular flexibility index (Phi) is 30.5. The SMILES string of the molecule is CCCCC/C=C\C/C=C\C/C=C\C/C=C\CCCC(=O)O[C@H](COC(=O)CCCCCCCC1OC1C/C=C\CCCCC)COP(=O)(O)OC1[C@H](O)[C@H](O)C(O)[C@H](O)[C@H]1O. The molecule has 356 valence electrons. The maximum Gasteiger partial charge on any atom is 0.472 e. The largest absolute Gasteiger partial charge is 0.472 e. The Morgan fingerprint density at radius 3 is 1.68 bits per heavy atom. The maximum atomic E-state index is 12.8. The normalized spacial score (nSPS) is 25.7. The molecule has 6 N–H and O–H groups in total. The van der Waals surface area contributed by atoms with Gasteiger partial charge in [-0.2, -0.15) is 0 Å². The van der Waals surface area contributed by atoms with Crippen LogP contribution in [0.1, 0.15) is 155 Å². The number of phosphoric ester groups is 1. The van der Waals surface area contributed by atoms with E-state index in [9.17, 15) is 44.6 Å². The average molecular weight is 899 g/mol. The molecule has 14 nitrogen and oxygen atoms in total. The van der Waals surface area contributed by atoms with Crippen LogP contribution in [0.5, 0.6) is 0 Å². The number of rotatable bonds is 36. The van der Waals surface area contributed by atoms with Crippen molar-refractivity contribution >= 4 is 19.8 Å². The number of carbonyl (C=O) groups excluding carboxylic acids is 2. The molecule has 2 aliphatic rings. The first kappa shape index (κ1) is 55.6. The first-order chi connectivity index (χ1) is 29.9. The summed E-state index contributed by atoms with van der Waals surface area (Å²) in [6.45, 7) is 3.16. The number of phosphoric acid groups is 1. The Morgan fingerprint density at radius 1 is 0.581 bits per heavy atom. The fourth-order valence-electron chi connectivity index (χ4n) is 6.87. The van der Waals surface area contributed by atoms with E-state index in [-0.39, 0.29) is 12.8 Å². The van der Waals surface area contributed by atoms with Gasteiger partial charge in [-0.3, -0.25) is 18.6 Å². The summed E-state index contributed by atoms with van der Waals surface area (Å²) in [5, 5.41) is 50.2. The lowest BCUT2D eigenvalue weighted by atomic mass is 9.85. The number of aliphatic hydroxyl groups is 5. The fourth-order valence-corrected chi connectivity index (χ4v) is 7.85. The molecule has 2 fully saturated rings. The molecular weight excluding hydrogens is 819 g/mol. The summed E-state index contributed by atoms with van der Waals surface area (Å²) in [6, 6.07) is 0. The molecule has 1 saturated heterocycles. The minimum Gasteiger partial charge on any atom is -0.462 e. The molecule has 5 unspecified atom stereocenters. The summed E-state index contributed by atoms with van der Waals surface area (Å²) in [6.07, 6.45) is 28.7. The zero-order chi connectivity index (χ0) is 45.4. The molecule has 0 aromatic carbocycles. The van der Waals surface area contributed by atoms with Crippen LogP contribution in [0.15, 0.2) is 60.8 Å². The number of epoxide rings is 1. The van der Waals surface area contributed by atoms with Gasteiger partial charge in [-0.15, -0.1) is 0 Å². The van der Waals surface area contributed by atoms with E-state index in [1.165, 1.54) is 38.5 Å². The third kappa shape index (κ3) is 25.7. The van der Waals surface area contributed by atoms with Gasteiger partial charge in [-0.1, -0.05) is 126 Å². The summed E-state index contributed by atoms with van der Waals surface area (Å²) in [7, 11) is -5.14. The van der Waals surface area contributed by atoms with E-state index in [1.54, 1.807) is 0 Å². The minimum absolute atomic E-state index is 0.0119. The van der Waals surface area contributed by atoms with Gasteiger partial charge in [0.05, 0.1) is 18.8 Å². The van der Waals surface area contributed by atoms with E-state index in [1.807, 2.05) is 12.2 Å². The number of allylic oxidation sites excluding steroid dienone is 9. The second-order valence-corrected chi connectivity index (χ2v) is 17.7. The summed E-state index contributed by atoms with van der Waals surface area (Å²) in [5.41, 5.74) is 0. The molecule has 0 aromatic rings. The van der Waals surface area contributed by atoms with Crippen molar-refractivity contribution < 1.29 is 67.8 Å². The molecule has 10 atom stereocenters. The number of hydrogen-bond donors (Lipinski definition) is 6. The Morgan fingerprint density at radius 2 is 1.08 bits per heavy atom. The first-order valence-electron chi connectivity index (χ1n) is 23.2. The molecule has 0 radical (unpaired) electrons. The highest BCUT2D eigenvalue weighted by molar-refractivity contribution is 7.47. The van der Waals surface area contributed by atoms with Crippen LogP contribution in [-0.4, -0.2) is 111 Å². The molecular formula is C47H79O14P. The van der Waals surface area contributed by atoms with E-state index in [2.05, 4.69) is 62.5 Å². The van der Waals surface area contributed by atoms with Gasteiger partial charge in [0.2, 0.25) is 0 Å². The van der Waals surface area contributed by atoms with Crippen molar-refractivity contribution in [3.63, 3.8) is 0 Å². The van der Waals surface area contributed by atoms with Gasteiger partial charge in [-0.25, -0.2) is 4.57 Å². The summed E-state index contributed by atoms with van der Waals surface area (Å²) in [5.74, 6) is -1.19. The van der Waals surface area contributed by atoms with Crippen molar-refractivity contribution in [3.05, 3.63) is 60.8 Å². The van der Waals surface area contributed by atoms with Gasteiger partial charge in [0.15, 0.2) is 6.10 Å². The lowest BCUT2D eigenvalue weighted by molar-refractivity contribution is -0.220. The minimum atomic E-state index is -5.14. The van der Waals surface area contributed by atoms with Crippen LogP contribution in [0.2, 0.25) is 0 Å². The van der Waals surface area contributed by atoms with Crippen molar-refractivity contribution in [3.8, 4) is 0 Å². The molecule has 15 heteroatoms. The Balaban J connectivity index is 1.74. The van der Waals surface area contributed by atoms with Crippen LogP contribution in [0.3, 0.4) is 0 Å². The van der Waals surface area contributed by atoms with Crippen LogP contribution >= 0.6 is 7.82 Å². The zero-order valence-electron chi connectivity index (χ0n) is 37.3. The molecule has 1 saturated carbocycles. The van der Waals surface area contributed by atoms with Gasteiger partial charge in [0.1, 0.15) is 43.2 Å². The quantitative estimate of drug-likeness (QED) is 0.0116. The molecule has 0 aromatic heterocycles. The molecule has 2 rings (SSSR count). The monoisotopic (exact) mass is 899 g/mol. The standard InChI is InChI=1S/C47H79O14P/c1-3-5-7-9-11-12-13-14-15-16-17-18-19-20-21-25-30-34-41(49)59-37(36-58-62(55,56)61-47-45(53)43(51)42(50)44(52)46(47)54)35-57-40(48)33-29-26-22-24-28-32-39-38(60-39)31-27-23-10-8-6-4-2/h11-12,14-15,17-18,20-21,23,27,37-39,42-47,50-54H,3-10,13,16,19,22,24-26,28-36H2,1-2H3,(H,55,56)/b12-11-,15-14-,18-17-,21-20-,27-23-/t37-,38?,39?,42?,43-,44+,45-,46-,47?/m1/s1. The predicted molar refractivity (Wildman–Crippen MR) is 239 cm³/mol. The fraction of sp³-hybridized carbons (Fsp3) is 0.745. The molecule has 0 bridgehead atoms. The second kappa shape index (κ2) is 33.9. The van der Waals surface area contributed by atoms with E-state index in [0.29, 0.717) is 31.5 Å². The van der Waals surface area contributed by atoms with Crippen molar-refractivity contribution in [2.45, 2.75) is 210 Å². The third-order valence-electron chi connectivity index (χ3n) is 10.8. The summed E-state index contributed by atoms with van der Waals surface area (Å²) >= 11 is 0. The lowest BCUT2D eigenvalue weighted by Crippen LogP contribution is -2.64. The van der Waals surface area contributed by atoms with Crippen LogP contribution in [0.25, 0.3) is 0 Å². The highest BCUT2D eigenvalue weighted by Gasteiger charge is 2.51.